The van der Waals surface area contributed by atoms with Crippen LogP contribution in [0.15, 0.2) is 51.9 Å². The van der Waals surface area contributed by atoms with E-state index < -0.39 is 21.8 Å². The first-order valence-corrected chi connectivity index (χ1v) is 13.4. The SMILES string of the molecule is CCc1cccc(C)c1NC(=O)C1CCCN(S(=O)(=O)c2c(C)noc2C=Cc2ccccc2F)C1. The minimum atomic E-state index is -4.00. The summed E-state index contributed by atoms with van der Waals surface area (Å²) in [5.74, 6) is -1.09. The average Bonchev–Trinajstić information content (AvgIpc) is 3.25. The smallest absolute Gasteiger partial charge is 0.248 e. The number of hydrogen-bond acceptors (Lipinski definition) is 5. The van der Waals surface area contributed by atoms with Crippen LogP contribution in [0.4, 0.5) is 10.1 Å². The minimum Gasteiger partial charge on any atom is -0.355 e. The Balaban J connectivity index is 1.56. The second kappa shape index (κ2) is 10.8. The topological polar surface area (TPSA) is 92.5 Å². The Kier molecular flexibility index (Phi) is 7.70. The van der Waals surface area contributed by atoms with Crippen molar-refractivity contribution in [3.05, 3.63) is 76.4 Å². The summed E-state index contributed by atoms with van der Waals surface area (Å²) in [5.41, 5.74) is 3.30. The van der Waals surface area contributed by atoms with E-state index in [0.717, 1.165) is 23.2 Å². The average molecular weight is 512 g/mol. The molecule has 7 nitrogen and oxygen atoms in total. The van der Waals surface area contributed by atoms with Crippen molar-refractivity contribution in [3.63, 3.8) is 0 Å². The molecule has 1 unspecified atom stereocenters. The number of halogens is 1. The van der Waals surface area contributed by atoms with Gasteiger partial charge in [-0.05, 0) is 62.5 Å². The van der Waals surface area contributed by atoms with Gasteiger partial charge in [0.15, 0.2) is 10.7 Å². The Morgan fingerprint density at radius 3 is 2.72 bits per heavy atom. The zero-order chi connectivity index (χ0) is 25.9. The van der Waals surface area contributed by atoms with Crippen LogP contribution in [0, 0.1) is 25.6 Å². The van der Waals surface area contributed by atoms with Crippen molar-refractivity contribution >= 4 is 33.8 Å². The van der Waals surface area contributed by atoms with E-state index in [1.54, 1.807) is 25.1 Å². The lowest BCUT2D eigenvalue weighted by atomic mass is 9.98. The molecule has 0 radical (unpaired) electrons. The Morgan fingerprint density at radius 2 is 1.97 bits per heavy atom. The molecule has 0 aliphatic carbocycles. The van der Waals surface area contributed by atoms with Gasteiger partial charge in [-0.3, -0.25) is 4.79 Å². The molecule has 1 N–H and O–H groups in total. The zero-order valence-electron chi connectivity index (χ0n) is 20.6. The fraction of sp³-hybridized carbons (Fsp3) is 0.333. The normalized spacial score (nSPS) is 16.9. The number of piperidine rings is 1. The summed E-state index contributed by atoms with van der Waals surface area (Å²) in [6, 6.07) is 12.0. The highest BCUT2D eigenvalue weighted by molar-refractivity contribution is 7.89. The third-order valence-corrected chi connectivity index (χ3v) is 8.52. The molecule has 1 aliphatic heterocycles. The number of benzene rings is 2. The van der Waals surface area contributed by atoms with Crippen LogP contribution in [-0.2, 0) is 21.2 Å². The predicted molar refractivity (Wildman–Crippen MR) is 137 cm³/mol. The summed E-state index contributed by atoms with van der Waals surface area (Å²) in [5, 5.41) is 6.88. The maximum atomic E-state index is 14.0. The number of carbonyl (C=O) groups excluding carboxylic acids is 1. The summed E-state index contributed by atoms with van der Waals surface area (Å²) in [7, 11) is -4.00. The quantitative estimate of drug-likeness (QED) is 0.471. The van der Waals surface area contributed by atoms with Crippen molar-refractivity contribution in [2.24, 2.45) is 5.92 Å². The van der Waals surface area contributed by atoms with Crippen LogP contribution in [0.3, 0.4) is 0 Å². The molecule has 1 saturated heterocycles. The Labute approximate surface area is 211 Å². The molecule has 36 heavy (non-hydrogen) atoms. The summed E-state index contributed by atoms with van der Waals surface area (Å²) < 4.78 is 47.9. The van der Waals surface area contributed by atoms with Crippen LogP contribution in [0.5, 0.6) is 0 Å². The van der Waals surface area contributed by atoms with E-state index in [-0.39, 0.29) is 35.3 Å². The predicted octanol–water partition coefficient (Wildman–Crippen LogP) is 5.20. The number of sulfonamides is 1. The van der Waals surface area contributed by atoms with Gasteiger partial charge in [0.05, 0.1) is 5.92 Å². The van der Waals surface area contributed by atoms with Gasteiger partial charge in [-0.2, -0.15) is 4.31 Å². The summed E-state index contributed by atoms with van der Waals surface area (Å²) in [6.45, 7) is 5.87. The van der Waals surface area contributed by atoms with E-state index in [0.29, 0.717) is 18.4 Å². The fourth-order valence-electron chi connectivity index (χ4n) is 4.51. The number of amides is 1. The third-order valence-electron chi connectivity index (χ3n) is 6.49. The van der Waals surface area contributed by atoms with Crippen molar-refractivity contribution in [2.45, 2.75) is 44.9 Å². The third kappa shape index (κ3) is 5.27. The number of aromatic nitrogens is 1. The number of hydrogen-bond donors (Lipinski definition) is 1. The molecule has 0 spiro atoms. The molecule has 1 fully saturated rings. The van der Waals surface area contributed by atoms with Gasteiger partial charge in [-0.1, -0.05) is 48.5 Å². The van der Waals surface area contributed by atoms with Crippen molar-refractivity contribution in [1.29, 1.82) is 0 Å². The van der Waals surface area contributed by atoms with Crippen molar-refractivity contribution in [3.8, 4) is 0 Å². The highest BCUT2D eigenvalue weighted by Crippen LogP contribution is 2.30. The first kappa shape index (κ1) is 25.8. The molecule has 1 aromatic heterocycles. The van der Waals surface area contributed by atoms with E-state index in [1.807, 2.05) is 32.0 Å². The second-order valence-corrected chi connectivity index (χ2v) is 10.8. The lowest BCUT2D eigenvalue weighted by molar-refractivity contribution is -0.120. The number of anilines is 1. The van der Waals surface area contributed by atoms with Crippen LogP contribution in [-0.4, -0.2) is 36.9 Å². The molecule has 1 aliphatic rings. The van der Waals surface area contributed by atoms with E-state index >= 15 is 0 Å². The van der Waals surface area contributed by atoms with Crippen LogP contribution in [0.2, 0.25) is 0 Å². The van der Waals surface area contributed by atoms with Gasteiger partial charge in [0, 0.05) is 24.3 Å². The van der Waals surface area contributed by atoms with Gasteiger partial charge in [0.1, 0.15) is 11.5 Å². The number of nitrogens with zero attached hydrogens (tertiary/aromatic N) is 2. The maximum Gasteiger partial charge on any atom is 0.248 e. The van der Waals surface area contributed by atoms with Crippen LogP contribution < -0.4 is 5.32 Å². The summed E-state index contributed by atoms with van der Waals surface area (Å²) >= 11 is 0. The molecule has 190 valence electrons. The molecule has 2 heterocycles. The molecule has 2 aromatic carbocycles. The molecule has 0 bridgehead atoms. The number of carbonyl (C=O) groups is 1. The monoisotopic (exact) mass is 511 g/mol. The van der Waals surface area contributed by atoms with Crippen LogP contribution in [0.25, 0.3) is 12.2 Å². The van der Waals surface area contributed by atoms with Crippen LogP contribution in [0.1, 0.15) is 47.9 Å². The van der Waals surface area contributed by atoms with Gasteiger partial charge in [-0.15, -0.1) is 0 Å². The molecule has 3 aromatic rings. The molecule has 9 heteroatoms. The number of rotatable bonds is 7. The maximum absolute atomic E-state index is 14.0. The molecule has 0 saturated carbocycles. The molecular formula is C27H30FN3O4S. The van der Waals surface area contributed by atoms with Gasteiger partial charge in [0.2, 0.25) is 15.9 Å². The van der Waals surface area contributed by atoms with Crippen molar-refractivity contribution < 1.29 is 22.1 Å². The van der Waals surface area contributed by atoms with Gasteiger partial charge in [-0.25, -0.2) is 12.8 Å². The highest BCUT2D eigenvalue weighted by Gasteiger charge is 2.37. The first-order valence-electron chi connectivity index (χ1n) is 12.0. The highest BCUT2D eigenvalue weighted by atomic mass is 32.2. The summed E-state index contributed by atoms with van der Waals surface area (Å²) in [4.78, 5) is 13.1. The van der Waals surface area contributed by atoms with E-state index in [9.17, 15) is 17.6 Å². The largest absolute Gasteiger partial charge is 0.355 e. The van der Waals surface area contributed by atoms with E-state index in [1.165, 1.54) is 22.5 Å². The molecule has 4 rings (SSSR count). The number of para-hydroxylation sites is 1. The lowest BCUT2D eigenvalue weighted by Gasteiger charge is -2.31. The molecular weight excluding hydrogens is 481 g/mol. The van der Waals surface area contributed by atoms with Crippen LogP contribution >= 0.6 is 0 Å². The number of nitrogens with one attached hydrogen (secondary N) is 1. The Morgan fingerprint density at radius 1 is 1.19 bits per heavy atom. The Bertz CT molecular complexity index is 1400. The lowest BCUT2D eigenvalue weighted by Crippen LogP contribution is -2.44. The first-order chi connectivity index (χ1) is 17.2. The van der Waals surface area contributed by atoms with E-state index in [4.69, 9.17) is 4.52 Å². The number of aryl methyl sites for hydroxylation is 3. The van der Waals surface area contributed by atoms with Crippen molar-refractivity contribution in [1.82, 2.24) is 9.46 Å². The van der Waals surface area contributed by atoms with Crippen molar-refractivity contribution in [2.75, 3.05) is 18.4 Å². The Hall–Kier alpha value is -3.30. The molecule has 1 amide bonds. The van der Waals surface area contributed by atoms with E-state index in [2.05, 4.69) is 10.5 Å². The molecule has 1 atom stereocenters. The standard InChI is InChI=1S/C27H30FN3O4S/c1-4-20-11-7-9-18(2)25(20)29-27(32)22-12-8-16-31(17-22)36(33,34)26-19(3)30-35-24(26)15-14-21-10-5-6-13-23(21)28/h5-7,9-11,13-15,22H,4,8,12,16-17H2,1-3H3,(H,29,32). The minimum absolute atomic E-state index is 0.0230. The zero-order valence-corrected chi connectivity index (χ0v) is 21.4. The summed E-state index contributed by atoms with van der Waals surface area (Å²) in [6.07, 6.45) is 4.78. The second-order valence-electron chi connectivity index (χ2n) is 8.97. The van der Waals surface area contributed by atoms with Gasteiger partial charge < -0.3 is 9.84 Å². The fourth-order valence-corrected chi connectivity index (χ4v) is 6.28. The van der Waals surface area contributed by atoms with Gasteiger partial charge in [0.25, 0.3) is 0 Å². The van der Waals surface area contributed by atoms with Gasteiger partial charge >= 0.3 is 0 Å².